The van der Waals surface area contributed by atoms with E-state index in [1.165, 1.54) is 5.56 Å². The van der Waals surface area contributed by atoms with Crippen LogP contribution in [-0.4, -0.2) is 41.8 Å². The third kappa shape index (κ3) is 4.08. The molecule has 1 aliphatic heterocycles. The number of furan rings is 1. The normalized spacial score (nSPS) is 19.4. The number of ether oxygens (including phenoxy) is 1. The van der Waals surface area contributed by atoms with E-state index in [0.29, 0.717) is 12.6 Å². The second-order valence-corrected chi connectivity index (χ2v) is 4.98. The maximum atomic E-state index is 10.4. The Morgan fingerprint density at radius 1 is 1.58 bits per heavy atom. The maximum Gasteiger partial charge on any atom is 0.305 e. The van der Waals surface area contributed by atoms with Crippen LogP contribution in [0.4, 0.5) is 0 Å². The van der Waals surface area contributed by atoms with Gasteiger partial charge in [-0.05, 0) is 25.8 Å². The van der Waals surface area contributed by atoms with E-state index in [1.807, 2.05) is 6.07 Å². The Hall–Kier alpha value is -1.33. The Bertz CT molecular complexity index is 382. The van der Waals surface area contributed by atoms with Gasteiger partial charge in [0.25, 0.3) is 0 Å². The first-order chi connectivity index (χ1) is 9.16. The molecular formula is C14H21NO4. The lowest BCUT2D eigenvalue weighted by Crippen LogP contribution is -2.38. The van der Waals surface area contributed by atoms with Crippen molar-refractivity contribution in [2.75, 3.05) is 19.7 Å². The van der Waals surface area contributed by atoms with E-state index < -0.39 is 5.97 Å². The van der Waals surface area contributed by atoms with E-state index in [-0.39, 0.29) is 12.5 Å². The largest absolute Gasteiger partial charge is 0.481 e. The van der Waals surface area contributed by atoms with Crippen molar-refractivity contribution in [3.05, 3.63) is 24.2 Å². The summed E-state index contributed by atoms with van der Waals surface area (Å²) < 4.78 is 10.7. The van der Waals surface area contributed by atoms with Crippen LogP contribution in [0, 0.1) is 0 Å². The number of likely N-dealkylation sites (tertiary alicyclic amines) is 1. The number of rotatable bonds is 6. The summed E-state index contributed by atoms with van der Waals surface area (Å²) >= 11 is 0. The fourth-order valence-corrected chi connectivity index (χ4v) is 2.47. The topological polar surface area (TPSA) is 62.9 Å². The minimum absolute atomic E-state index is 0.0889. The Labute approximate surface area is 113 Å². The van der Waals surface area contributed by atoms with Crippen LogP contribution >= 0.6 is 0 Å². The van der Waals surface area contributed by atoms with Gasteiger partial charge in [0.2, 0.25) is 0 Å². The van der Waals surface area contributed by atoms with E-state index in [1.54, 1.807) is 12.5 Å². The molecule has 1 N–H and O–H groups in total. The van der Waals surface area contributed by atoms with Gasteiger partial charge in [0.05, 0.1) is 31.7 Å². The Morgan fingerprint density at radius 3 is 2.89 bits per heavy atom. The van der Waals surface area contributed by atoms with E-state index in [2.05, 4.69) is 11.8 Å². The van der Waals surface area contributed by atoms with Gasteiger partial charge < -0.3 is 14.3 Å². The van der Waals surface area contributed by atoms with Crippen LogP contribution in [0.3, 0.4) is 0 Å². The molecule has 0 aliphatic carbocycles. The van der Waals surface area contributed by atoms with Crippen LogP contribution in [0.5, 0.6) is 0 Å². The maximum absolute atomic E-state index is 10.4. The van der Waals surface area contributed by atoms with Crippen molar-refractivity contribution in [2.24, 2.45) is 0 Å². The Balaban J connectivity index is 1.72. The first-order valence-electron chi connectivity index (χ1n) is 6.76. The molecule has 1 unspecified atom stereocenters. The van der Waals surface area contributed by atoms with Gasteiger partial charge in [-0.3, -0.25) is 9.69 Å². The zero-order chi connectivity index (χ0) is 13.7. The predicted octanol–water partition coefficient (Wildman–Crippen LogP) is 2.30. The van der Waals surface area contributed by atoms with Crippen molar-refractivity contribution in [2.45, 2.75) is 38.3 Å². The highest BCUT2D eigenvalue weighted by molar-refractivity contribution is 5.66. The number of carboxylic acids is 1. The fourth-order valence-electron chi connectivity index (χ4n) is 2.47. The minimum Gasteiger partial charge on any atom is -0.481 e. The summed E-state index contributed by atoms with van der Waals surface area (Å²) in [6.45, 7) is 4.45. The molecule has 19 heavy (non-hydrogen) atoms. The average molecular weight is 267 g/mol. The number of carbonyl (C=O) groups is 1. The monoisotopic (exact) mass is 267 g/mol. The molecule has 106 valence electrons. The molecule has 0 aromatic carbocycles. The summed E-state index contributed by atoms with van der Waals surface area (Å²) in [4.78, 5) is 12.8. The lowest BCUT2D eigenvalue weighted by Gasteiger charge is -2.35. The average Bonchev–Trinajstić information content (AvgIpc) is 2.92. The molecule has 1 saturated heterocycles. The zero-order valence-electron chi connectivity index (χ0n) is 11.2. The van der Waals surface area contributed by atoms with Gasteiger partial charge in [0.1, 0.15) is 0 Å². The molecule has 2 rings (SSSR count). The number of aliphatic carboxylic acids is 1. The quantitative estimate of drug-likeness (QED) is 0.856. The third-order valence-electron chi connectivity index (χ3n) is 3.72. The molecule has 1 fully saturated rings. The predicted molar refractivity (Wildman–Crippen MR) is 69.9 cm³/mol. The van der Waals surface area contributed by atoms with Gasteiger partial charge in [-0.1, -0.05) is 0 Å². The summed E-state index contributed by atoms with van der Waals surface area (Å²) in [6.07, 6.45) is 5.70. The molecule has 5 nitrogen and oxygen atoms in total. The first kappa shape index (κ1) is 14.1. The smallest absolute Gasteiger partial charge is 0.305 e. The highest BCUT2D eigenvalue weighted by Crippen LogP contribution is 2.25. The molecule has 5 heteroatoms. The van der Waals surface area contributed by atoms with Gasteiger partial charge in [-0.25, -0.2) is 0 Å². The number of hydrogen-bond acceptors (Lipinski definition) is 4. The highest BCUT2D eigenvalue weighted by atomic mass is 16.5. The van der Waals surface area contributed by atoms with Crippen LogP contribution in [0.1, 0.15) is 37.8 Å². The first-order valence-corrected chi connectivity index (χ1v) is 6.76. The van der Waals surface area contributed by atoms with Crippen LogP contribution in [0.25, 0.3) is 0 Å². The van der Waals surface area contributed by atoms with Crippen molar-refractivity contribution in [1.29, 1.82) is 0 Å². The van der Waals surface area contributed by atoms with Gasteiger partial charge in [0, 0.05) is 24.7 Å². The standard InChI is InChI=1S/C14H21NO4/c1-11(12-4-8-18-10-12)15-6-2-13(3-7-15)19-9-5-14(16)17/h4,8,10-11,13H,2-3,5-7,9H2,1H3,(H,16,17). The van der Waals surface area contributed by atoms with Gasteiger partial charge in [-0.15, -0.1) is 0 Å². The van der Waals surface area contributed by atoms with Crippen molar-refractivity contribution < 1.29 is 19.1 Å². The summed E-state index contributed by atoms with van der Waals surface area (Å²) in [7, 11) is 0. The second kappa shape index (κ2) is 6.73. The van der Waals surface area contributed by atoms with E-state index >= 15 is 0 Å². The minimum atomic E-state index is -0.800. The second-order valence-electron chi connectivity index (χ2n) is 4.98. The van der Waals surface area contributed by atoms with Crippen molar-refractivity contribution in [3.63, 3.8) is 0 Å². The number of nitrogens with zero attached hydrogens (tertiary/aromatic N) is 1. The van der Waals surface area contributed by atoms with Gasteiger partial charge in [-0.2, -0.15) is 0 Å². The van der Waals surface area contributed by atoms with Crippen LogP contribution in [0.2, 0.25) is 0 Å². The van der Waals surface area contributed by atoms with Crippen molar-refractivity contribution in [3.8, 4) is 0 Å². The summed E-state index contributed by atoms with van der Waals surface area (Å²) in [5.74, 6) is -0.800. The molecule has 1 aliphatic rings. The number of hydrogen-bond donors (Lipinski definition) is 1. The summed E-state index contributed by atoms with van der Waals surface area (Å²) in [5.41, 5.74) is 1.20. The molecular weight excluding hydrogens is 246 g/mol. The van der Waals surface area contributed by atoms with Crippen LogP contribution < -0.4 is 0 Å². The Morgan fingerprint density at radius 2 is 2.32 bits per heavy atom. The third-order valence-corrected chi connectivity index (χ3v) is 3.72. The fraction of sp³-hybridized carbons (Fsp3) is 0.643. The highest BCUT2D eigenvalue weighted by Gasteiger charge is 2.24. The summed E-state index contributed by atoms with van der Waals surface area (Å²) in [5, 5.41) is 8.57. The lowest BCUT2D eigenvalue weighted by atomic mass is 10.0. The van der Waals surface area contributed by atoms with E-state index in [4.69, 9.17) is 14.3 Å². The lowest BCUT2D eigenvalue weighted by molar-refractivity contribution is -0.138. The Kier molecular flexibility index (Phi) is 4.99. The zero-order valence-corrected chi connectivity index (χ0v) is 11.2. The molecule has 1 atom stereocenters. The molecule has 1 aromatic heterocycles. The van der Waals surface area contributed by atoms with E-state index in [9.17, 15) is 4.79 Å². The molecule has 0 amide bonds. The van der Waals surface area contributed by atoms with Crippen LogP contribution in [0.15, 0.2) is 23.0 Å². The molecule has 0 spiro atoms. The summed E-state index contributed by atoms with van der Waals surface area (Å²) in [6, 6.07) is 2.36. The number of piperidine rings is 1. The molecule has 0 bridgehead atoms. The van der Waals surface area contributed by atoms with Crippen LogP contribution in [-0.2, 0) is 9.53 Å². The van der Waals surface area contributed by atoms with Gasteiger partial charge in [0.15, 0.2) is 0 Å². The molecule has 0 saturated carbocycles. The SMILES string of the molecule is CC(c1ccoc1)N1CCC(OCCC(=O)O)CC1. The molecule has 1 aromatic rings. The van der Waals surface area contributed by atoms with Crippen molar-refractivity contribution in [1.82, 2.24) is 4.90 Å². The van der Waals surface area contributed by atoms with Gasteiger partial charge >= 0.3 is 5.97 Å². The molecule has 0 radical (unpaired) electrons. The number of carboxylic acid groups (broad SMARTS) is 1. The van der Waals surface area contributed by atoms with E-state index in [0.717, 1.165) is 25.9 Å². The van der Waals surface area contributed by atoms with Crippen molar-refractivity contribution >= 4 is 5.97 Å². The molecule has 2 heterocycles.